The number of rotatable bonds is 4. The number of benzene rings is 1. The molecule has 0 amide bonds. The molecule has 0 saturated carbocycles. The standard InChI is InChI=1S/C12H11FN2O2/c13-9-3-1-8(2-4-9)10-7-14-11(15-10)5-6-12(16)17/h1-4,7H,5-6H2,(H,14,15)(H,16,17). The van der Waals surface area contributed by atoms with E-state index in [1.165, 1.54) is 12.1 Å². The van der Waals surface area contributed by atoms with Gasteiger partial charge in [0.1, 0.15) is 11.6 Å². The highest BCUT2D eigenvalue weighted by atomic mass is 19.1. The number of nitrogens with one attached hydrogen (secondary N) is 1. The number of nitrogens with zero attached hydrogens (tertiary/aromatic N) is 1. The number of aromatic amines is 1. The summed E-state index contributed by atoms with van der Waals surface area (Å²) in [5.41, 5.74) is 1.57. The zero-order chi connectivity index (χ0) is 12.3. The Balaban J connectivity index is 2.12. The Morgan fingerprint density at radius 2 is 2.06 bits per heavy atom. The molecular formula is C12H11FN2O2. The van der Waals surface area contributed by atoms with Crippen molar-refractivity contribution < 1.29 is 14.3 Å². The lowest BCUT2D eigenvalue weighted by Gasteiger charge is -1.96. The van der Waals surface area contributed by atoms with E-state index in [0.717, 1.165) is 11.3 Å². The number of carboxylic acids is 1. The summed E-state index contributed by atoms with van der Waals surface area (Å²) >= 11 is 0. The number of aryl methyl sites for hydroxylation is 1. The minimum absolute atomic E-state index is 0.0381. The number of carbonyl (C=O) groups is 1. The van der Waals surface area contributed by atoms with Gasteiger partial charge in [0.15, 0.2) is 0 Å². The fourth-order valence-corrected chi connectivity index (χ4v) is 1.49. The fourth-order valence-electron chi connectivity index (χ4n) is 1.49. The molecule has 1 aromatic carbocycles. The van der Waals surface area contributed by atoms with Crippen LogP contribution < -0.4 is 0 Å². The molecule has 0 unspecified atom stereocenters. The van der Waals surface area contributed by atoms with Crippen LogP contribution in [-0.2, 0) is 11.2 Å². The SMILES string of the molecule is O=C(O)CCc1ncc(-c2ccc(F)cc2)[nH]1. The van der Waals surface area contributed by atoms with Crippen LogP contribution in [0.5, 0.6) is 0 Å². The van der Waals surface area contributed by atoms with E-state index in [2.05, 4.69) is 9.97 Å². The predicted octanol–water partition coefficient (Wildman–Crippen LogP) is 2.23. The zero-order valence-electron chi connectivity index (χ0n) is 8.98. The Morgan fingerprint density at radius 1 is 1.35 bits per heavy atom. The van der Waals surface area contributed by atoms with Crippen molar-refractivity contribution in [1.29, 1.82) is 0 Å². The maximum atomic E-state index is 12.7. The van der Waals surface area contributed by atoms with Gasteiger partial charge in [-0.15, -0.1) is 0 Å². The number of imidazole rings is 1. The Hall–Kier alpha value is -2.17. The zero-order valence-corrected chi connectivity index (χ0v) is 8.98. The number of carboxylic acid groups (broad SMARTS) is 1. The van der Waals surface area contributed by atoms with Crippen LogP contribution in [0.4, 0.5) is 4.39 Å². The predicted molar refractivity (Wildman–Crippen MR) is 59.9 cm³/mol. The summed E-state index contributed by atoms with van der Waals surface area (Å²) in [5, 5.41) is 8.55. The van der Waals surface area contributed by atoms with Crippen molar-refractivity contribution >= 4 is 5.97 Å². The number of hydrogen-bond acceptors (Lipinski definition) is 2. The van der Waals surface area contributed by atoms with Crippen LogP contribution in [0.25, 0.3) is 11.3 Å². The van der Waals surface area contributed by atoms with Crippen LogP contribution in [0.2, 0.25) is 0 Å². The summed E-state index contributed by atoms with van der Waals surface area (Å²) in [6.45, 7) is 0. The van der Waals surface area contributed by atoms with Crippen LogP contribution in [-0.4, -0.2) is 21.0 Å². The summed E-state index contributed by atoms with van der Waals surface area (Å²) in [6, 6.07) is 6.02. The van der Waals surface area contributed by atoms with E-state index in [9.17, 15) is 9.18 Å². The molecule has 2 aromatic rings. The van der Waals surface area contributed by atoms with Gasteiger partial charge in [-0.1, -0.05) is 0 Å². The lowest BCUT2D eigenvalue weighted by atomic mass is 10.2. The Morgan fingerprint density at radius 3 is 2.71 bits per heavy atom. The van der Waals surface area contributed by atoms with Crippen molar-refractivity contribution in [3.63, 3.8) is 0 Å². The molecule has 0 aliphatic rings. The number of aromatic nitrogens is 2. The number of H-pyrrole nitrogens is 1. The van der Waals surface area contributed by atoms with E-state index in [1.54, 1.807) is 18.3 Å². The lowest BCUT2D eigenvalue weighted by Crippen LogP contribution is -1.98. The maximum absolute atomic E-state index is 12.7. The summed E-state index contributed by atoms with van der Waals surface area (Å²) < 4.78 is 12.7. The third kappa shape index (κ3) is 2.90. The molecule has 0 spiro atoms. The molecule has 4 nitrogen and oxygen atoms in total. The normalized spacial score (nSPS) is 10.4. The molecule has 0 aliphatic carbocycles. The molecule has 0 saturated heterocycles. The Labute approximate surface area is 97.1 Å². The van der Waals surface area contributed by atoms with E-state index in [1.807, 2.05) is 0 Å². The van der Waals surface area contributed by atoms with Gasteiger partial charge < -0.3 is 10.1 Å². The van der Waals surface area contributed by atoms with Gasteiger partial charge in [0.2, 0.25) is 0 Å². The second kappa shape index (κ2) is 4.78. The molecule has 17 heavy (non-hydrogen) atoms. The maximum Gasteiger partial charge on any atom is 0.303 e. The van der Waals surface area contributed by atoms with Crippen molar-refractivity contribution in [2.45, 2.75) is 12.8 Å². The minimum Gasteiger partial charge on any atom is -0.481 e. The first-order chi connectivity index (χ1) is 8.15. The van der Waals surface area contributed by atoms with Crippen molar-refractivity contribution in [1.82, 2.24) is 9.97 Å². The molecule has 5 heteroatoms. The fraction of sp³-hybridized carbons (Fsp3) is 0.167. The second-order valence-electron chi connectivity index (χ2n) is 3.64. The third-order valence-electron chi connectivity index (χ3n) is 2.36. The number of halogens is 1. The van der Waals surface area contributed by atoms with Crippen LogP contribution >= 0.6 is 0 Å². The van der Waals surface area contributed by atoms with Crippen molar-refractivity contribution in [2.24, 2.45) is 0 Å². The smallest absolute Gasteiger partial charge is 0.303 e. The van der Waals surface area contributed by atoms with Gasteiger partial charge in [-0.2, -0.15) is 0 Å². The molecule has 0 bridgehead atoms. The molecule has 2 N–H and O–H groups in total. The van der Waals surface area contributed by atoms with Gasteiger partial charge in [0.25, 0.3) is 0 Å². The monoisotopic (exact) mass is 234 g/mol. The first-order valence-corrected chi connectivity index (χ1v) is 5.17. The first kappa shape index (κ1) is 11.3. The van der Waals surface area contributed by atoms with E-state index < -0.39 is 5.97 Å². The largest absolute Gasteiger partial charge is 0.481 e. The van der Waals surface area contributed by atoms with Gasteiger partial charge in [-0.05, 0) is 29.8 Å². The lowest BCUT2D eigenvalue weighted by molar-refractivity contribution is -0.137. The quantitative estimate of drug-likeness (QED) is 0.852. The average molecular weight is 234 g/mol. The van der Waals surface area contributed by atoms with Crippen LogP contribution in [0, 0.1) is 5.82 Å². The average Bonchev–Trinajstić information content (AvgIpc) is 2.76. The van der Waals surface area contributed by atoms with E-state index in [-0.39, 0.29) is 12.2 Å². The van der Waals surface area contributed by atoms with Gasteiger partial charge in [0, 0.05) is 6.42 Å². The van der Waals surface area contributed by atoms with E-state index in [4.69, 9.17) is 5.11 Å². The van der Waals surface area contributed by atoms with Crippen molar-refractivity contribution in [3.8, 4) is 11.3 Å². The Kier molecular flexibility index (Phi) is 3.18. The summed E-state index contributed by atoms with van der Waals surface area (Å²) in [6.07, 6.45) is 2.01. The molecule has 1 aromatic heterocycles. The molecule has 88 valence electrons. The van der Waals surface area contributed by atoms with Gasteiger partial charge in [0.05, 0.1) is 18.3 Å². The number of hydrogen-bond donors (Lipinski definition) is 2. The Bertz CT molecular complexity index is 520. The molecule has 0 aliphatic heterocycles. The molecule has 2 rings (SSSR count). The summed E-state index contributed by atoms with van der Waals surface area (Å²) in [4.78, 5) is 17.5. The summed E-state index contributed by atoms with van der Waals surface area (Å²) in [7, 11) is 0. The highest BCUT2D eigenvalue weighted by Crippen LogP contribution is 2.17. The van der Waals surface area contributed by atoms with E-state index >= 15 is 0 Å². The molecule has 1 heterocycles. The first-order valence-electron chi connectivity index (χ1n) is 5.17. The topological polar surface area (TPSA) is 66.0 Å². The van der Waals surface area contributed by atoms with Gasteiger partial charge in [-0.3, -0.25) is 4.79 Å². The van der Waals surface area contributed by atoms with Gasteiger partial charge >= 0.3 is 5.97 Å². The molecular weight excluding hydrogens is 223 g/mol. The third-order valence-corrected chi connectivity index (χ3v) is 2.36. The molecule has 0 atom stereocenters. The van der Waals surface area contributed by atoms with Crippen molar-refractivity contribution in [3.05, 3.63) is 42.1 Å². The highest BCUT2D eigenvalue weighted by molar-refractivity contribution is 5.67. The molecule has 0 fully saturated rings. The van der Waals surface area contributed by atoms with E-state index in [0.29, 0.717) is 12.2 Å². The highest BCUT2D eigenvalue weighted by Gasteiger charge is 2.05. The number of aliphatic carboxylic acids is 1. The van der Waals surface area contributed by atoms with Crippen molar-refractivity contribution in [2.75, 3.05) is 0 Å². The second-order valence-corrected chi connectivity index (χ2v) is 3.64. The van der Waals surface area contributed by atoms with Crippen LogP contribution in [0.1, 0.15) is 12.2 Å². The summed E-state index contributed by atoms with van der Waals surface area (Å²) in [5.74, 6) is -0.532. The molecule has 0 radical (unpaired) electrons. The van der Waals surface area contributed by atoms with Gasteiger partial charge in [-0.25, -0.2) is 9.37 Å². The minimum atomic E-state index is -0.857. The van der Waals surface area contributed by atoms with Crippen LogP contribution in [0.15, 0.2) is 30.5 Å². The van der Waals surface area contributed by atoms with Crippen LogP contribution in [0.3, 0.4) is 0 Å².